The van der Waals surface area contributed by atoms with E-state index in [1.165, 1.54) is 48.2 Å². The number of piperidine rings is 1. The fourth-order valence-corrected chi connectivity index (χ4v) is 4.65. The zero-order valence-electron chi connectivity index (χ0n) is 17.5. The number of benzene rings is 1. The van der Waals surface area contributed by atoms with Crippen LogP contribution in [0.2, 0.25) is 0 Å². The van der Waals surface area contributed by atoms with Crippen LogP contribution in [0.1, 0.15) is 42.9 Å². The molecule has 152 valence electrons. The van der Waals surface area contributed by atoms with E-state index >= 15 is 0 Å². The number of imidazole rings is 1. The summed E-state index contributed by atoms with van der Waals surface area (Å²) in [4.78, 5) is 7.27. The summed E-state index contributed by atoms with van der Waals surface area (Å²) in [6.45, 7) is 12.3. The molecule has 4 rings (SSSR count). The molecule has 0 radical (unpaired) electrons. The summed E-state index contributed by atoms with van der Waals surface area (Å²) in [7, 11) is 0. The highest BCUT2D eigenvalue weighted by Gasteiger charge is 2.32. The number of rotatable bonds is 5. The number of aromatic nitrogens is 2. The van der Waals surface area contributed by atoms with E-state index in [0.29, 0.717) is 13.1 Å². The maximum atomic E-state index is 10.8. The summed E-state index contributed by atoms with van der Waals surface area (Å²) in [5.74, 6) is 1.82. The molecule has 0 amide bonds. The van der Waals surface area contributed by atoms with Gasteiger partial charge in [0.2, 0.25) is 0 Å². The lowest BCUT2D eigenvalue weighted by Gasteiger charge is -2.31. The minimum Gasteiger partial charge on any atom is -0.387 e. The topological polar surface area (TPSA) is 53.3 Å². The largest absolute Gasteiger partial charge is 0.387 e. The smallest absolute Gasteiger partial charge is 0.140 e. The van der Waals surface area contributed by atoms with Crippen LogP contribution < -0.4 is 5.32 Å². The molecule has 2 saturated heterocycles. The average Bonchev–Trinajstić information content (AvgIpc) is 3.29. The fraction of sp³-hybridized carbons (Fsp3) is 0.609. The molecule has 2 fully saturated rings. The molecular weight excluding hydrogens is 348 g/mol. The number of aryl methyl sites for hydroxylation is 1. The van der Waals surface area contributed by atoms with Crippen molar-refractivity contribution in [3.8, 4) is 11.4 Å². The Balaban J connectivity index is 1.60. The highest BCUT2D eigenvalue weighted by Crippen LogP contribution is 2.30. The van der Waals surface area contributed by atoms with E-state index in [9.17, 15) is 5.11 Å². The standard InChI is InChI=1S/C23H34N4O/c1-17-4-9-26(10-5-17)14-20-12-18(2)13-21(19(20)3)22-25-8-11-27(22)16-23(28)6-7-24-15-23/h8,11-13,17,24,28H,4-7,9-10,14-16H2,1-3H3. The van der Waals surface area contributed by atoms with Gasteiger partial charge < -0.3 is 15.0 Å². The minimum atomic E-state index is -0.680. The van der Waals surface area contributed by atoms with Gasteiger partial charge in [0.1, 0.15) is 5.82 Å². The van der Waals surface area contributed by atoms with Gasteiger partial charge in [-0.3, -0.25) is 4.90 Å². The summed E-state index contributed by atoms with van der Waals surface area (Å²) in [5.41, 5.74) is 4.51. The molecule has 1 atom stereocenters. The quantitative estimate of drug-likeness (QED) is 0.834. The lowest BCUT2D eigenvalue weighted by Crippen LogP contribution is -2.36. The van der Waals surface area contributed by atoms with Crippen LogP contribution in [0, 0.1) is 19.8 Å². The van der Waals surface area contributed by atoms with Crippen molar-refractivity contribution in [3.63, 3.8) is 0 Å². The van der Waals surface area contributed by atoms with E-state index < -0.39 is 5.60 Å². The van der Waals surface area contributed by atoms with Crippen molar-refractivity contribution in [2.45, 2.75) is 58.7 Å². The van der Waals surface area contributed by atoms with Crippen molar-refractivity contribution in [1.82, 2.24) is 19.8 Å². The molecule has 1 unspecified atom stereocenters. The van der Waals surface area contributed by atoms with E-state index in [4.69, 9.17) is 0 Å². The van der Waals surface area contributed by atoms with Crippen LogP contribution in [0.5, 0.6) is 0 Å². The normalized spacial score (nSPS) is 24.1. The Labute approximate surface area is 168 Å². The third-order valence-electron chi connectivity index (χ3n) is 6.57. The number of likely N-dealkylation sites (tertiary alicyclic amines) is 1. The van der Waals surface area contributed by atoms with E-state index in [1.807, 2.05) is 12.4 Å². The first-order valence-corrected chi connectivity index (χ1v) is 10.7. The molecule has 0 spiro atoms. The first-order valence-electron chi connectivity index (χ1n) is 10.7. The zero-order chi connectivity index (χ0) is 19.7. The van der Waals surface area contributed by atoms with Gasteiger partial charge in [0.05, 0.1) is 12.1 Å². The molecular formula is C23H34N4O. The molecule has 2 aromatic rings. The summed E-state index contributed by atoms with van der Waals surface area (Å²) >= 11 is 0. The third-order valence-corrected chi connectivity index (χ3v) is 6.57. The van der Waals surface area contributed by atoms with Gasteiger partial charge in [-0.1, -0.05) is 18.6 Å². The first kappa shape index (κ1) is 19.6. The average molecular weight is 383 g/mol. The predicted octanol–water partition coefficient (Wildman–Crippen LogP) is 3.12. The van der Waals surface area contributed by atoms with Crippen LogP contribution in [0.25, 0.3) is 11.4 Å². The van der Waals surface area contributed by atoms with Crippen LogP contribution >= 0.6 is 0 Å². The summed E-state index contributed by atoms with van der Waals surface area (Å²) in [6.07, 6.45) is 7.24. The molecule has 1 aromatic carbocycles. The van der Waals surface area contributed by atoms with Crippen molar-refractivity contribution in [1.29, 1.82) is 0 Å². The van der Waals surface area contributed by atoms with Gasteiger partial charge in [0.25, 0.3) is 0 Å². The van der Waals surface area contributed by atoms with Crippen molar-refractivity contribution in [2.24, 2.45) is 5.92 Å². The van der Waals surface area contributed by atoms with Crippen LogP contribution in [0.4, 0.5) is 0 Å². The number of β-amino-alcohol motifs (C(OH)–C–C–N with tert-alkyl or cyclic N) is 1. The van der Waals surface area contributed by atoms with Crippen LogP contribution in [-0.2, 0) is 13.1 Å². The van der Waals surface area contributed by atoms with E-state index in [-0.39, 0.29) is 0 Å². The monoisotopic (exact) mass is 382 g/mol. The van der Waals surface area contributed by atoms with Gasteiger partial charge in [-0.2, -0.15) is 0 Å². The van der Waals surface area contributed by atoms with Crippen molar-refractivity contribution < 1.29 is 5.11 Å². The highest BCUT2D eigenvalue weighted by atomic mass is 16.3. The summed E-state index contributed by atoms with van der Waals surface area (Å²) in [6, 6.07) is 4.57. The molecule has 28 heavy (non-hydrogen) atoms. The molecule has 2 aliphatic heterocycles. The zero-order valence-corrected chi connectivity index (χ0v) is 17.5. The summed E-state index contributed by atoms with van der Waals surface area (Å²) in [5, 5.41) is 14.1. The van der Waals surface area contributed by atoms with Crippen molar-refractivity contribution >= 4 is 0 Å². The van der Waals surface area contributed by atoms with Gasteiger partial charge in [0.15, 0.2) is 0 Å². The van der Waals surface area contributed by atoms with Crippen LogP contribution in [-0.4, -0.2) is 51.3 Å². The second-order valence-corrected chi connectivity index (χ2v) is 9.09. The molecule has 0 bridgehead atoms. The van der Waals surface area contributed by atoms with Crippen molar-refractivity contribution in [2.75, 3.05) is 26.2 Å². The Morgan fingerprint density at radius 1 is 1.25 bits per heavy atom. The van der Waals surface area contributed by atoms with Gasteiger partial charge in [-0.15, -0.1) is 0 Å². The highest BCUT2D eigenvalue weighted by molar-refractivity contribution is 5.64. The van der Waals surface area contributed by atoms with Gasteiger partial charge in [-0.25, -0.2) is 4.98 Å². The second-order valence-electron chi connectivity index (χ2n) is 9.09. The molecule has 1 aromatic heterocycles. The lowest BCUT2D eigenvalue weighted by molar-refractivity contribution is 0.0436. The van der Waals surface area contributed by atoms with Gasteiger partial charge in [-0.05, 0) is 75.9 Å². The maximum absolute atomic E-state index is 10.8. The van der Waals surface area contributed by atoms with Gasteiger partial charge in [0, 0.05) is 31.0 Å². The minimum absolute atomic E-state index is 0.585. The number of hydrogen-bond acceptors (Lipinski definition) is 4. The van der Waals surface area contributed by atoms with E-state index in [1.54, 1.807) is 0 Å². The molecule has 5 heteroatoms. The van der Waals surface area contributed by atoms with Crippen LogP contribution in [0.3, 0.4) is 0 Å². The van der Waals surface area contributed by atoms with Crippen LogP contribution in [0.15, 0.2) is 24.5 Å². The Morgan fingerprint density at radius 3 is 2.75 bits per heavy atom. The number of nitrogens with zero attached hydrogens (tertiary/aromatic N) is 3. The molecule has 5 nitrogen and oxygen atoms in total. The Kier molecular flexibility index (Phi) is 5.59. The Bertz CT molecular complexity index is 814. The molecule has 0 saturated carbocycles. The number of hydrogen-bond donors (Lipinski definition) is 2. The molecule has 0 aliphatic carbocycles. The molecule has 3 heterocycles. The lowest BCUT2D eigenvalue weighted by atomic mass is 9.95. The first-order chi connectivity index (χ1) is 13.4. The Hall–Kier alpha value is -1.69. The number of aliphatic hydroxyl groups is 1. The molecule has 2 aliphatic rings. The van der Waals surface area contributed by atoms with E-state index in [2.05, 4.69) is 52.7 Å². The Morgan fingerprint density at radius 2 is 2.04 bits per heavy atom. The SMILES string of the molecule is Cc1cc(CN2CCC(C)CC2)c(C)c(-c2nccn2CC2(O)CCNC2)c1. The van der Waals surface area contributed by atoms with Crippen molar-refractivity contribution in [3.05, 3.63) is 41.2 Å². The fourth-order valence-electron chi connectivity index (χ4n) is 4.65. The second kappa shape index (κ2) is 7.97. The summed E-state index contributed by atoms with van der Waals surface area (Å²) < 4.78 is 2.13. The maximum Gasteiger partial charge on any atom is 0.140 e. The van der Waals surface area contributed by atoms with Gasteiger partial charge >= 0.3 is 0 Å². The molecule has 2 N–H and O–H groups in total. The third kappa shape index (κ3) is 4.17. The number of nitrogens with one attached hydrogen (secondary N) is 1. The predicted molar refractivity (Wildman–Crippen MR) is 113 cm³/mol. The van der Waals surface area contributed by atoms with E-state index in [0.717, 1.165) is 31.3 Å².